The molecule has 0 aliphatic carbocycles. The van der Waals surface area contributed by atoms with Gasteiger partial charge in [-0.15, -0.1) is 0 Å². The minimum atomic E-state index is -0.549. The fourth-order valence-corrected chi connectivity index (χ4v) is 2.73. The van der Waals surface area contributed by atoms with E-state index in [2.05, 4.69) is 60.2 Å². The quantitative estimate of drug-likeness (QED) is 0.745. The summed E-state index contributed by atoms with van der Waals surface area (Å²) >= 11 is 3.38. The monoisotopic (exact) mass is 389 g/mol. The number of halogens is 1. The van der Waals surface area contributed by atoms with Crippen LogP contribution in [0.3, 0.4) is 0 Å². The van der Waals surface area contributed by atoms with Crippen LogP contribution in [-0.4, -0.2) is 12.0 Å². The molecule has 0 bridgehead atoms. The van der Waals surface area contributed by atoms with Gasteiger partial charge in [-0.25, -0.2) is 0 Å². The summed E-state index contributed by atoms with van der Waals surface area (Å²) in [6.45, 7) is 8.02. The SMILES string of the molecule is CC[C@H](NC(=O)[C@@H](C)Oc1ccc(Br)cc1)c1ccc(C)c(C)c1. The summed E-state index contributed by atoms with van der Waals surface area (Å²) < 4.78 is 6.70. The van der Waals surface area contributed by atoms with Crippen molar-refractivity contribution < 1.29 is 9.53 Å². The number of rotatable bonds is 6. The lowest BCUT2D eigenvalue weighted by molar-refractivity contribution is -0.128. The van der Waals surface area contributed by atoms with Crippen LogP contribution in [0, 0.1) is 13.8 Å². The normalized spacial score (nSPS) is 13.2. The van der Waals surface area contributed by atoms with Gasteiger partial charge in [-0.1, -0.05) is 41.1 Å². The lowest BCUT2D eigenvalue weighted by atomic mass is 9.99. The van der Waals surface area contributed by atoms with Gasteiger partial charge in [0.1, 0.15) is 5.75 Å². The zero-order chi connectivity index (χ0) is 17.7. The molecule has 0 aliphatic heterocycles. The van der Waals surface area contributed by atoms with E-state index in [0.29, 0.717) is 5.75 Å². The Morgan fingerprint density at radius 1 is 1.12 bits per heavy atom. The maximum absolute atomic E-state index is 12.5. The van der Waals surface area contributed by atoms with Crippen molar-refractivity contribution in [2.45, 2.75) is 46.3 Å². The molecule has 2 aromatic carbocycles. The lowest BCUT2D eigenvalue weighted by Crippen LogP contribution is -2.38. The van der Waals surface area contributed by atoms with Crippen molar-refractivity contribution in [3.8, 4) is 5.75 Å². The summed E-state index contributed by atoms with van der Waals surface area (Å²) in [4.78, 5) is 12.5. The molecule has 2 aromatic rings. The van der Waals surface area contributed by atoms with Gasteiger partial charge in [0, 0.05) is 4.47 Å². The maximum Gasteiger partial charge on any atom is 0.261 e. The van der Waals surface area contributed by atoms with Crippen LogP contribution in [0.1, 0.15) is 43.0 Å². The largest absolute Gasteiger partial charge is 0.481 e. The number of carbonyl (C=O) groups is 1. The Morgan fingerprint density at radius 2 is 1.79 bits per heavy atom. The average molecular weight is 390 g/mol. The standard InChI is InChI=1S/C20H24BrNO2/c1-5-19(16-7-6-13(2)14(3)12-16)22-20(23)15(4)24-18-10-8-17(21)9-11-18/h6-12,15,19H,5H2,1-4H3,(H,22,23)/t15-,19+/m1/s1. The molecule has 0 fully saturated rings. The second kappa shape index (κ2) is 8.34. The number of hydrogen-bond acceptors (Lipinski definition) is 2. The third-order valence-corrected chi connectivity index (χ3v) is 4.68. The van der Waals surface area contributed by atoms with Gasteiger partial charge in [-0.3, -0.25) is 4.79 Å². The fraction of sp³-hybridized carbons (Fsp3) is 0.350. The summed E-state index contributed by atoms with van der Waals surface area (Å²) in [5.41, 5.74) is 3.62. The number of carbonyl (C=O) groups excluding carboxylic acids is 1. The minimum Gasteiger partial charge on any atom is -0.481 e. The summed E-state index contributed by atoms with van der Waals surface area (Å²) in [6, 6.07) is 13.8. The van der Waals surface area contributed by atoms with Crippen molar-refractivity contribution in [2.24, 2.45) is 0 Å². The Bertz CT molecular complexity index is 697. The van der Waals surface area contributed by atoms with Gasteiger partial charge in [0.25, 0.3) is 5.91 Å². The summed E-state index contributed by atoms with van der Waals surface area (Å²) in [5, 5.41) is 3.09. The molecule has 0 saturated carbocycles. The zero-order valence-corrected chi connectivity index (χ0v) is 16.2. The van der Waals surface area contributed by atoms with E-state index in [1.54, 1.807) is 6.92 Å². The first-order valence-corrected chi connectivity index (χ1v) is 8.99. The van der Waals surface area contributed by atoms with Crippen molar-refractivity contribution in [2.75, 3.05) is 0 Å². The molecule has 128 valence electrons. The van der Waals surface area contributed by atoms with Gasteiger partial charge in [-0.05, 0) is 68.1 Å². The highest BCUT2D eigenvalue weighted by atomic mass is 79.9. The van der Waals surface area contributed by atoms with Crippen molar-refractivity contribution in [3.05, 3.63) is 63.6 Å². The van der Waals surface area contributed by atoms with Crippen molar-refractivity contribution in [1.82, 2.24) is 5.32 Å². The highest BCUT2D eigenvalue weighted by molar-refractivity contribution is 9.10. The van der Waals surface area contributed by atoms with E-state index in [1.807, 2.05) is 24.3 Å². The maximum atomic E-state index is 12.5. The van der Waals surface area contributed by atoms with Gasteiger partial charge in [0.15, 0.2) is 6.10 Å². The molecular weight excluding hydrogens is 366 g/mol. The van der Waals surface area contributed by atoms with Crippen LogP contribution in [0.4, 0.5) is 0 Å². The summed E-state index contributed by atoms with van der Waals surface area (Å²) in [7, 11) is 0. The Morgan fingerprint density at radius 3 is 2.38 bits per heavy atom. The van der Waals surface area contributed by atoms with Crippen LogP contribution in [0.5, 0.6) is 5.75 Å². The lowest BCUT2D eigenvalue weighted by Gasteiger charge is -2.21. The van der Waals surface area contributed by atoms with Crippen molar-refractivity contribution in [3.63, 3.8) is 0 Å². The second-order valence-electron chi connectivity index (χ2n) is 6.03. The molecular formula is C20H24BrNO2. The minimum absolute atomic E-state index is 0.00670. The molecule has 0 spiro atoms. The molecule has 2 atom stereocenters. The van der Waals surface area contributed by atoms with Crippen LogP contribution in [0.15, 0.2) is 46.9 Å². The molecule has 3 nitrogen and oxygen atoms in total. The van der Waals surface area contributed by atoms with Gasteiger partial charge in [0.05, 0.1) is 6.04 Å². The summed E-state index contributed by atoms with van der Waals surface area (Å²) in [5.74, 6) is 0.572. The molecule has 4 heteroatoms. The molecule has 1 amide bonds. The fourth-order valence-electron chi connectivity index (χ4n) is 2.46. The smallest absolute Gasteiger partial charge is 0.261 e. The topological polar surface area (TPSA) is 38.3 Å². The Hall–Kier alpha value is -1.81. The predicted molar refractivity (Wildman–Crippen MR) is 101 cm³/mol. The highest BCUT2D eigenvalue weighted by Crippen LogP contribution is 2.21. The van der Waals surface area contributed by atoms with Crippen LogP contribution >= 0.6 is 15.9 Å². The Labute approximate surface area is 152 Å². The van der Waals surface area contributed by atoms with E-state index in [4.69, 9.17) is 4.74 Å². The molecule has 24 heavy (non-hydrogen) atoms. The Balaban J connectivity index is 2.02. The first kappa shape index (κ1) is 18.5. The van der Waals surface area contributed by atoms with E-state index in [1.165, 1.54) is 11.1 Å². The number of nitrogens with one attached hydrogen (secondary N) is 1. The molecule has 0 radical (unpaired) electrons. The van der Waals surface area contributed by atoms with Gasteiger partial charge < -0.3 is 10.1 Å². The molecule has 0 unspecified atom stereocenters. The number of aryl methyl sites for hydroxylation is 2. The summed E-state index contributed by atoms with van der Waals surface area (Å²) in [6.07, 6.45) is 0.283. The molecule has 0 saturated heterocycles. The van der Waals surface area contributed by atoms with E-state index in [-0.39, 0.29) is 11.9 Å². The first-order chi connectivity index (χ1) is 11.4. The van der Waals surface area contributed by atoms with Gasteiger partial charge in [-0.2, -0.15) is 0 Å². The predicted octanol–water partition coefficient (Wildman–Crippen LogP) is 5.10. The second-order valence-corrected chi connectivity index (χ2v) is 6.94. The van der Waals surface area contributed by atoms with E-state index < -0.39 is 6.10 Å². The third-order valence-electron chi connectivity index (χ3n) is 4.15. The average Bonchev–Trinajstić information content (AvgIpc) is 2.57. The van der Waals surface area contributed by atoms with E-state index in [9.17, 15) is 4.79 Å². The molecule has 0 heterocycles. The van der Waals surface area contributed by atoms with Gasteiger partial charge in [0.2, 0.25) is 0 Å². The number of benzene rings is 2. The number of hydrogen-bond donors (Lipinski definition) is 1. The molecule has 0 aliphatic rings. The van der Waals surface area contributed by atoms with Crippen LogP contribution in [0.25, 0.3) is 0 Å². The van der Waals surface area contributed by atoms with Gasteiger partial charge >= 0.3 is 0 Å². The van der Waals surface area contributed by atoms with E-state index >= 15 is 0 Å². The highest BCUT2D eigenvalue weighted by Gasteiger charge is 2.19. The number of amides is 1. The number of ether oxygens (including phenoxy) is 1. The zero-order valence-electron chi connectivity index (χ0n) is 14.6. The third kappa shape index (κ3) is 4.84. The van der Waals surface area contributed by atoms with E-state index in [0.717, 1.165) is 16.5 Å². The van der Waals surface area contributed by atoms with Crippen LogP contribution < -0.4 is 10.1 Å². The first-order valence-electron chi connectivity index (χ1n) is 8.20. The van der Waals surface area contributed by atoms with Crippen LogP contribution in [0.2, 0.25) is 0 Å². The molecule has 2 rings (SSSR count). The Kier molecular flexibility index (Phi) is 6.44. The van der Waals surface area contributed by atoms with Crippen molar-refractivity contribution >= 4 is 21.8 Å². The van der Waals surface area contributed by atoms with Crippen molar-refractivity contribution in [1.29, 1.82) is 0 Å². The molecule has 1 N–H and O–H groups in total. The van der Waals surface area contributed by atoms with Crippen LogP contribution in [-0.2, 0) is 4.79 Å². The molecule has 0 aromatic heterocycles.